The number of nitrogens with zero attached hydrogens (tertiary/aromatic N) is 2. The molecule has 0 radical (unpaired) electrons. The maximum absolute atomic E-state index is 12.2. The van der Waals surface area contributed by atoms with Crippen LogP contribution in [0, 0.1) is 0 Å². The fourth-order valence-electron chi connectivity index (χ4n) is 1.35. The van der Waals surface area contributed by atoms with Gasteiger partial charge in [0.2, 0.25) is 0 Å². The van der Waals surface area contributed by atoms with Crippen molar-refractivity contribution >= 4 is 62.1 Å². The van der Waals surface area contributed by atoms with Crippen LogP contribution in [0.3, 0.4) is 0 Å². The Morgan fingerprint density at radius 2 is 1.95 bits per heavy atom. The van der Waals surface area contributed by atoms with Crippen LogP contribution in [-0.2, 0) is 10.0 Å². The van der Waals surface area contributed by atoms with Gasteiger partial charge in [-0.05, 0) is 18.2 Å². The molecule has 0 aliphatic rings. The highest BCUT2D eigenvalue weighted by atomic mass is 35.5. The maximum atomic E-state index is 12.2. The molecule has 0 spiro atoms. The molecule has 0 atom stereocenters. The normalized spacial score (nSPS) is 11.4. The van der Waals surface area contributed by atoms with E-state index in [0.717, 1.165) is 6.20 Å². The van der Waals surface area contributed by atoms with Crippen LogP contribution in [0.4, 0.5) is 0 Å². The van der Waals surface area contributed by atoms with Crippen molar-refractivity contribution < 1.29 is 13.2 Å². The van der Waals surface area contributed by atoms with Crippen LogP contribution in [0.1, 0.15) is 10.4 Å². The molecular weight excluding hydrogens is 381 g/mol. The number of rotatable bonds is 3. The minimum absolute atomic E-state index is 0.0129. The van der Waals surface area contributed by atoms with E-state index in [4.69, 9.17) is 40.6 Å². The quantitative estimate of drug-likeness (QED) is 0.497. The van der Waals surface area contributed by atoms with Crippen molar-refractivity contribution in [3.8, 4) is 0 Å². The number of aromatic nitrogens is 1. The van der Waals surface area contributed by atoms with Crippen LogP contribution in [0.15, 0.2) is 28.6 Å². The standard InChI is InChI=1S/C10H6Cl3N3O3S2/c11-5-1-2-6(7(12)3-5)9(17)16(14)21(18,19)8-4-15-10(13)20-8/h1-4H,14H2. The van der Waals surface area contributed by atoms with Gasteiger partial charge in [-0.1, -0.05) is 46.1 Å². The summed E-state index contributed by atoms with van der Waals surface area (Å²) in [5, 5.41) is 0.290. The maximum Gasteiger partial charge on any atom is 0.291 e. The SMILES string of the molecule is NN(C(=O)c1ccc(Cl)cc1Cl)S(=O)(=O)c1cnc(Cl)s1. The second kappa shape index (κ2) is 6.07. The van der Waals surface area contributed by atoms with Gasteiger partial charge in [-0.2, -0.15) is 12.8 Å². The van der Waals surface area contributed by atoms with Crippen molar-refractivity contribution in [2.24, 2.45) is 5.84 Å². The summed E-state index contributed by atoms with van der Waals surface area (Å²) in [4.78, 5) is 15.7. The van der Waals surface area contributed by atoms with E-state index < -0.39 is 15.9 Å². The van der Waals surface area contributed by atoms with Crippen molar-refractivity contribution in [1.82, 2.24) is 9.40 Å². The third kappa shape index (κ3) is 3.31. The lowest BCUT2D eigenvalue weighted by Crippen LogP contribution is -2.42. The molecule has 11 heteroatoms. The first-order valence-corrected chi connectivity index (χ1v) is 8.53. The molecule has 1 aromatic carbocycles. The number of carbonyl (C=O) groups excluding carboxylic acids is 1. The fraction of sp³-hybridized carbons (Fsp3) is 0. The summed E-state index contributed by atoms with van der Waals surface area (Å²) >= 11 is 17.8. The Kier molecular flexibility index (Phi) is 4.76. The predicted octanol–water partition coefficient (Wildman–Crippen LogP) is 2.81. The summed E-state index contributed by atoms with van der Waals surface area (Å²) in [6, 6.07) is 3.98. The van der Waals surface area contributed by atoms with Crippen molar-refractivity contribution in [2.75, 3.05) is 0 Å². The van der Waals surface area contributed by atoms with Gasteiger partial charge in [0.25, 0.3) is 15.9 Å². The molecule has 1 heterocycles. The van der Waals surface area contributed by atoms with Crippen LogP contribution >= 0.6 is 46.1 Å². The van der Waals surface area contributed by atoms with Crippen molar-refractivity contribution in [2.45, 2.75) is 4.21 Å². The van der Waals surface area contributed by atoms with Crippen molar-refractivity contribution in [3.05, 3.63) is 44.5 Å². The van der Waals surface area contributed by atoms with Crippen LogP contribution in [-0.4, -0.2) is 23.7 Å². The van der Waals surface area contributed by atoms with Gasteiger partial charge in [0, 0.05) is 5.02 Å². The van der Waals surface area contributed by atoms with E-state index >= 15 is 0 Å². The average molecular weight is 387 g/mol. The van der Waals surface area contributed by atoms with Gasteiger partial charge < -0.3 is 0 Å². The molecule has 2 rings (SSSR count). The zero-order valence-corrected chi connectivity index (χ0v) is 13.9. The Hall–Kier alpha value is -0.900. The largest absolute Gasteiger partial charge is 0.291 e. The summed E-state index contributed by atoms with van der Waals surface area (Å²) in [6.07, 6.45) is 1.01. The minimum atomic E-state index is -4.25. The molecule has 0 bridgehead atoms. The molecule has 1 aromatic heterocycles. The Bertz CT molecular complexity index is 807. The summed E-state index contributed by atoms with van der Waals surface area (Å²) < 4.78 is 24.2. The molecule has 0 unspecified atom stereocenters. The molecule has 6 nitrogen and oxygen atoms in total. The van der Waals surface area contributed by atoms with Gasteiger partial charge in [0.1, 0.15) is 0 Å². The molecule has 1 amide bonds. The first-order valence-electron chi connectivity index (χ1n) is 5.14. The van der Waals surface area contributed by atoms with Gasteiger partial charge in [0.05, 0.1) is 16.8 Å². The van der Waals surface area contributed by atoms with Crippen LogP contribution in [0.25, 0.3) is 0 Å². The zero-order valence-electron chi connectivity index (χ0n) is 9.96. The topological polar surface area (TPSA) is 93.4 Å². The number of carbonyl (C=O) groups is 1. The van der Waals surface area contributed by atoms with E-state index in [9.17, 15) is 13.2 Å². The highest BCUT2D eigenvalue weighted by Gasteiger charge is 2.30. The second-order valence-corrected chi connectivity index (χ2v) is 8.16. The lowest BCUT2D eigenvalue weighted by Gasteiger charge is -2.16. The minimum Gasteiger partial charge on any atom is -0.266 e. The number of thiazole rings is 1. The molecular formula is C10H6Cl3N3O3S2. The lowest BCUT2D eigenvalue weighted by atomic mass is 10.2. The zero-order chi connectivity index (χ0) is 15.8. The van der Waals surface area contributed by atoms with E-state index in [1.54, 1.807) is 0 Å². The number of halogens is 3. The molecule has 21 heavy (non-hydrogen) atoms. The molecule has 0 fully saturated rings. The van der Waals surface area contributed by atoms with E-state index in [2.05, 4.69) is 4.98 Å². The fourth-order valence-corrected chi connectivity index (χ4v) is 4.24. The highest BCUT2D eigenvalue weighted by Crippen LogP contribution is 2.27. The average Bonchev–Trinajstić information content (AvgIpc) is 2.84. The smallest absolute Gasteiger partial charge is 0.266 e. The van der Waals surface area contributed by atoms with Gasteiger partial charge in [-0.15, -0.1) is 0 Å². The third-order valence-electron chi connectivity index (χ3n) is 2.33. The first kappa shape index (κ1) is 16.5. The molecule has 2 aromatic rings. The number of amides is 1. The number of hydrogen-bond donors (Lipinski definition) is 1. The summed E-state index contributed by atoms with van der Waals surface area (Å²) in [7, 11) is -4.25. The summed E-state index contributed by atoms with van der Waals surface area (Å²) in [5.74, 6) is 4.42. The van der Waals surface area contributed by atoms with Gasteiger partial charge in [0.15, 0.2) is 8.68 Å². The van der Waals surface area contributed by atoms with E-state index in [0.29, 0.717) is 16.4 Å². The molecule has 0 aliphatic heterocycles. The molecule has 0 aliphatic carbocycles. The van der Waals surface area contributed by atoms with Gasteiger partial charge >= 0.3 is 0 Å². The van der Waals surface area contributed by atoms with Crippen molar-refractivity contribution in [1.29, 1.82) is 0 Å². The van der Waals surface area contributed by atoms with Crippen molar-refractivity contribution in [3.63, 3.8) is 0 Å². The summed E-state index contributed by atoms with van der Waals surface area (Å²) in [6.45, 7) is 0. The van der Waals surface area contributed by atoms with Gasteiger partial charge in [-0.3, -0.25) is 4.79 Å². The number of hydrogen-bond acceptors (Lipinski definition) is 6. The highest BCUT2D eigenvalue weighted by molar-refractivity contribution is 7.91. The number of nitrogens with two attached hydrogens (primary N) is 1. The molecule has 0 saturated heterocycles. The van der Waals surface area contributed by atoms with Gasteiger partial charge in [-0.25, -0.2) is 10.8 Å². The molecule has 0 saturated carbocycles. The number of benzene rings is 1. The molecule has 112 valence electrons. The predicted molar refractivity (Wildman–Crippen MR) is 81.1 cm³/mol. The first-order chi connectivity index (χ1) is 9.73. The van der Waals surface area contributed by atoms with Crippen LogP contribution < -0.4 is 5.84 Å². The van der Waals surface area contributed by atoms with E-state index in [1.165, 1.54) is 18.2 Å². The number of hydrazine groups is 1. The Balaban J connectivity index is 2.39. The van der Waals surface area contributed by atoms with Crippen LogP contribution in [0.5, 0.6) is 0 Å². The van der Waals surface area contributed by atoms with E-state index in [1.807, 2.05) is 0 Å². The number of sulfonamides is 1. The summed E-state index contributed by atoms with van der Waals surface area (Å²) in [5.41, 5.74) is -0.0947. The monoisotopic (exact) mass is 385 g/mol. The second-order valence-electron chi connectivity index (χ2n) is 3.66. The Morgan fingerprint density at radius 1 is 1.29 bits per heavy atom. The Labute approximate surface area is 139 Å². The Morgan fingerprint density at radius 3 is 2.48 bits per heavy atom. The third-order valence-corrected chi connectivity index (χ3v) is 5.97. The lowest BCUT2D eigenvalue weighted by molar-refractivity contribution is 0.0862. The van der Waals surface area contributed by atoms with Crippen LogP contribution in [0.2, 0.25) is 14.5 Å². The molecule has 2 N–H and O–H groups in total. The van der Waals surface area contributed by atoms with E-state index in [-0.39, 0.29) is 23.7 Å².